The molecule has 2 atom stereocenters. The highest BCUT2D eigenvalue weighted by Gasteiger charge is 2.45. The monoisotopic (exact) mass is 576 g/mol. The molecule has 10 nitrogen and oxygen atoms in total. The lowest BCUT2D eigenvalue weighted by Gasteiger charge is -2.36. The molecule has 2 saturated heterocycles. The molecule has 0 unspecified atom stereocenters. The van der Waals surface area contributed by atoms with Crippen molar-refractivity contribution in [3.05, 3.63) is 60.0 Å². The van der Waals surface area contributed by atoms with Crippen LogP contribution in [0, 0.1) is 0 Å². The van der Waals surface area contributed by atoms with E-state index in [1.165, 1.54) is 0 Å². The minimum atomic E-state index is -0.660. The molecule has 3 heterocycles. The lowest BCUT2D eigenvalue weighted by atomic mass is 9.96. The molecule has 0 bridgehead atoms. The Labute approximate surface area is 246 Å². The smallest absolute Gasteiger partial charge is 0.411 e. The molecule has 224 valence electrons. The summed E-state index contributed by atoms with van der Waals surface area (Å²) in [6, 6.07) is 14.7. The third kappa shape index (κ3) is 6.37. The fourth-order valence-electron chi connectivity index (χ4n) is 5.78. The summed E-state index contributed by atoms with van der Waals surface area (Å²) in [5.74, 6) is 2.32. The molecule has 2 amide bonds. The van der Waals surface area contributed by atoms with Gasteiger partial charge in [-0.05, 0) is 77.1 Å². The molecule has 1 aromatic heterocycles. The second-order valence-electron chi connectivity index (χ2n) is 11.8. The highest BCUT2D eigenvalue weighted by molar-refractivity contribution is 5.87. The van der Waals surface area contributed by atoms with Gasteiger partial charge < -0.3 is 23.6 Å². The molecule has 5 rings (SSSR count). The van der Waals surface area contributed by atoms with Crippen molar-refractivity contribution in [1.82, 2.24) is 19.9 Å². The molecule has 2 aliphatic heterocycles. The molecule has 42 heavy (non-hydrogen) atoms. The number of rotatable bonds is 7. The largest absolute Gasteiger partial charge is 0.493 e. The van der Waals surface area contributed by atoms with Crippen molar-refractivity contribution < 1.29 is 28.3 Å². The van der Waals surface area contributed by atoms with Crippen LogP contribution in [0.4, 0.5) is 4.79 Å². The third-order valence-corrected chi connectivity index (χ3v) is 7.78. The molecule has 2 fully saturated rings. The first-order valence-corrected chi connectivity index (χ1v) is 14.7. The van der Waals surface area contributed by atoms with Crippen molar-refractivity contribution in [2.75, 3.05) is 26.8 Å². The maximum absolute atomic E-state index is 13.8. The third-order valence-electron chi connectivity index (χ3n) is 7.78. The van der Waals surface area contributed by atoms with E-state index in [9.17, 15) is 9.59 Å². The van der Waals surface area contributed by atoms with E-state index in [2.05, 4.69) is 10.1 Å². The van der Waals surface area contributed by atoms with Gasteiger partial charge in [-0.25, -0.2) is 4.79 Å². The van der Waals surface area contributed by atoms with E-state index < -0.39 is 17.7 Å². The number of benzene rings is 2. The number of carbonyl (C=O) groups is 2. The summed E-state index contributed by atoms with van der Waals surface area (Å²) in [5.41, 5.74) is 1.12. The second-order valence-corrected chi connectivity index (χ2v) is 11.8. The van der Waals surface area contributed by atoms with Crippen LogP contribution >= 0.6 is 0 Å². The summed E-state index contributed by atoms with van der Waals surface area (Å²) < 4.78 is 22.5. The Morgan fingerprint density at radius 1 is 1.00 bits per heavy atom. The Balaban J connectivity index is 1.25. The van der Waals surface area contributed by atoms with Crippen molar-refractivity contribution in [3.8, 4) is 22.9 Å². The van der Waals surface area contributed by atoms with E-state index in [-0.39, 0.29) is 17.9 Å². The van der Waals surface area contributed by atoms with Crippen LogP contribution in [-0.4, -0.2) is 70.4 Å². The van der Waals surface area contributed by atoms with E-state index in [1.807, 2.05) is 81.1 Å². The Hall–Kier alpha value is -4.08. The van der Waals surface area contributed by atoms with Gasteiger partial charge in [0.2, 0.25) is 17.6 Å². The molecular weight excluding hydrogens is 536 g/mol. The Morgan fingerprint density at radius 2 is 1.74 bits per heavy atom. The number of hydrogen-bond acceptors (Lipinski definition) is 8. The van der Waals surface area contributed by atoms with Gasteiger partial charge in [-0.3, -0.25) is 9.69 Å². The average Bonchev–Trinajstić information content (AvgIpc) is 3.65. The van der Waals surface area contributed by atoms with E-state index in [4.69, 9.17) is 18.7 Å². The summed E-state index contributed by atoms with van der Waals surface area (Å²) >= 11 is 0. The highest BCUT2D eigenvalue weighted by Crippen LogP contribution is 2.39. The summed E-state index contributed by atoms with van der Waals surface area (Å²) in [6.07, 6.45) is 2.24. The normalized spacial score (nSPS) is 19.5. The fraction of sp³-hybridized carbons (Fsp3) is 0.500. The van der Waals surface area contributed by atoms with Crippen molar-refractivity contribution in [2.45, 2.75) is 77.0 Å². The Kier molecular flexibility index (Phi) is 8.70. The molecule has 2 aliphatic rings. The van der Waals surface area contributed by atoms with Gasteiger partial charge in [-0.2, -0.15) is 4.98 Å². The first-order chi connectivity index (χ1) is 20.2. The summed E-state index contributed by atoms with van der Waals surface area (Å²) in [7, 11) is 1.60. The van der Waals surface area contributed by atoms with Crippen LogP contribution < -0.4 is 9.47 Å². The lowest BCUT2D eigenvalue weighted by Crippen LogP contribution is -2.51. The molecule has 3 aromatic rings. The number of aromatic nitrogens is 2. The summed E-state index contributed by atoms with van der Waals surface area (Å²) in [6.45, 7) is 9.08. The number of methoxy groups -OCH3 is 1. The van der Waals surface area contributed by atoms with Gasteiger partial charge in [0.1, 0.15) is 11.6 Å². The zero-order valence-corrected chi connectivity index (χ0v) is 25.0. The van der Waals surface area contributed by atoms with Crippen molar-refractivity contribution in [1.29, 1.82) is 0 Å². The van der Waals surface area contributed by atoms with Gasteiger partial charge in [0, 0.05) is 24.6 Å². The quantitative estimate of drug-likeness (QED) is 0.338. The van der Waals surface area contributed by atoms with Crippen LogP contribution in [0.2, 0.25) is 0 Å². The van der Waals surface area contributed by atoms with E-state index >= 15 is 0 Å². The molecule has 0 aliphatic carbocycles. The molecule has 0 spiro atoms. The van der Waals surface area contributed by atoms with Gasteiger partial charge in [0.15, 0.2) is 11.5 Å². The number of amides is 2. The van der Waals surface area contributed by atoms with Crippen LogP contribution in [0.5, 0.6) is 11.5 Å². The Morgan fingerprint density at radius 3 is 2.40 bits per heavy atom. The standard InChI is InChI=1S/C32H40N4O6/c1-6-40-26-15-12-23(20-27(26)39-5)28-33-29(42-34-28)22-16-18-35(19-17-22)30(37)25-14-13-24(21-10-8-7-9-11-21)36(25)31(38)41-32(2,3)4/h7-12,15,20,22,24-25H,6,13-14,16-19H2,1-5H3/t24-,25+/m1/s1. The number of carbonyl (C=O) groups excluding carboxylic acids is 2. The minimum absolute atomic E-state index is 0.0366. The van der Waals surface area contributed by atoms with Crippen LogP contribution in [0.25, 0.3) is 11.4 Å². The molecule has 0 saturated carbocycles. The molecular formula is C32H40N4O6. The zero-order chi connectivity index (χ0) is 29.9. The first kappa shape index (κ1) is 29.4. The van der Waals surface area contributed by atoms with Crippen LogP contribution in [0.1, 0.15) is 76.8 Å². The lowest BCUT2D eigenvalue weighted by molar-refractivity contribution is -0.137. The van der Waals surface area contributed by atoms with E-state index in [1.54, 1.807) is 12.0 Å². The molecule has 0 radical (unpaired) electrons. The minimum Gasteiger partial charge on any atom is -0.493 e. The van der Waals surface area contributed by atoms with Gasteiger partial charge in [-0.15, -0.1) is 0 Å². The SMILES string of the molecule is CCOc1ccc(-c2noc(C3CCN(C(=O)[C@@H]4CC[C@H](c5ccccc5)N4C(=O)OC(C)(C)C)CC3)n2)cc1OC. The second kappa shape index (κ2) is 12.4. The molecule has 10 heteroatoms. The number of ether oxygens (including phenoxy) is 3. The highest BCUT2D eigenvalue weighted by atomic mass is 16.6. The van der Waals surface area contributed by atoms with Crippen molar-refractivity contribution >= 4 is 12.0 Å². The fourth-order valence-corrected chi connectivity index (χ4v) is 5.78. The van der Waals surface area contributed by atoms with Crippen molar-refractivity contribution in [2.24, 2.45) is 0 Å². The zero-order valence-electron chi connectivity index (χ0n) is 25.0. The van der Waals surface area contributed by atoms with Crippen LogP contribution in [0.3, 0.4) is 0 Å². The topological polar surface area (TPSA) is 107 Å². The summed E-state index contributed by atoms with van der Waals surface area (Å²) in [5, 5.41) is 4.20. The first-order valence-electron chi connectivity index (χ1n) is 14.7. The predicted octanol–water partition coefficient (Wildman–Crippen LogP) is 5.99. The number of hydrogen-bond donors (Lipinski definition) is 0. The van der Waals surface area contributed by atoms with Gasteiger partial charge in [-0.1, -0.05) is 35.5 Å². The molecule has 2 aromatic carbocycles. The van der Waals surface area contributed by atoms with E-state index in [0.717, 1.165) is 11.1 Å². The van der Waals surface area contributed by atoms with E-state index in [0.29, 0.717) is 68.6 Å². The van der Waals surface area contributed by atoms with Crippen LogP contribution in [0.15, 0.2) is 53.1 Å². The maximum atomic E-state index is 13.8. The Bertz CT molecular complexity index is 1380. The van der Waals surface area contributed by atoms with Crippen LogP contribution in [-0.2, 0) is 9.53 Å². The van der Waals surface area contributed by atoms with Gasteiger partial charge >= 0.3 is 6.09 Å². The maximum Gasteiger partial charge on any atom is 0.411 e. The number of nitrogens with zero attached hydrogens (tertiary/aromatic N) is 4. The molecule has 0 N–H and O–H groups in total. The van der Waals surface area contributed by atoms with Gasteiger partial charge in [0.05, 0.1) is 19.8 Å². The summed E-state index contributed by atoms with van der Waals surface area (Å²) in [4.78, 5) is 35.4. The predicted molar refractivity (Wildman–Crippen MR) is 156 cm³/mol. The average molecular weight is 577 g/mol. The van der Waals surface area contributed by atoms with Crippen molar-refractivity contribution in [3.63, 3.8) is 0 Å². The van der Waals surface area contributed by atoms with Gasteiger partial charge in [0.25, 0.3) is 0 Å². The number of likely N-dealkylation sites (tertiary alicyclic amines) is 2. The number of piperidine rings is 1.